The maximum absolute atomic E-state index is 5.43. The third-order valence-corrected chi connectivity index (χ3v) is 11.2. The predicted molar refractivity (Wildman–Crippen MR) is 249 cm³/mol. The molecule has 8 aromatic rings. The highest BCUT2D eigenvalue weighted by Gasteiger charge is 2.33. The van der Waals surface area contributed by atoms with Gasteiger partial charge in [-0.25, -0.2) is 9.98 Å². The molecule has 2 aliphatic rings. The molecule has 0 aliphatic carbocycles. The van der Waals surface area contributed by atoms with E-state index in [-0.39, 0.29) is 6.04 Å². The smallest absolute Gasteiger partial charge is 0.169 e. The average Bonchev–Trinajstić information content (AvgIpc) is 3.35. The first kappa shape index (κ1) is 36.5. The molecule has 0 saturated heterocycles. The highest BCUT2D eigenvalue weighted by atomic mass is 15.2. The normalized spacial score (nSPS) is 16.3. The summed E-state index contributed by atoms with van der Waals surface area (Å²) in [6, 6.07) is 81.2. The summed E-state index contributed by atoms with van der Waals surface area (Å²) >= 11 is 0. The molecule has 0 amide bonds. The first-order valence-corrected chi connectivity index (χ1v) is 20.5. The largest absolute Gasteiger partial charge is 0.373 e. The van der Waals surface area contributed by atoms with Gasteiger partial charge in [-0.1, -0.05) is 224 Å². The van der Waals surface area contributed by atoms with E-state index >= 15 is 0 Å². The van der Waals surface area contributed by atoms with Crippen LogP contribution in [-0.4, -0.2) is 11.7 Å². The summed E-state index contributed by atoms with van der Waals surface area (Å²) in [4.78, 5) is 10.8. The number of amidine groups is 2. The maximum atomic E-state index is 5.43. The third kappa shape index (κ3) is 7.27. The number of hydrogen-bond donors (Lipinski definition) is 2. The third-order valence-electron chi connectivity index (χ3n) is 11.2. The monoisotopic (exact) mass is 770 g/mol. The summed E-state index contributed by atoms with van der Waals surface area (Å²) in [6.07, 6.45) is -0.509. The molecule has 60 heavy (non-hydrogen) atoms. The Labute approximate surface area is 351 Å². The summed E-state index contributed by atoms with van der Waals surface area (Å²) in [5.74, 6) is 1.57. The van der Waals surface area contributed by atoms with Gasteiger partial charge in [0.25, 0.3) is 0 Å². The number of benzene rings is 8. The summed E-state index contributed by atoms with van der Waals surface area (Å²) in [6.45, 7) is 0. The van der Waals surface area contributed by atoms with Crippen molar-refractivity contribution in [3.63, 3.8) is 0 Å². The molecule has 4 heteroatoms. The van der Waals surface area contributed by atoms with Crippen LogP contribution < -0.4 is 10.6 Å². The van der Waals surface area contributed by atoms with Crippen LogP contribution in [0.1, 0.15) is 56.7 Å². The molecule has 0 radical (unpaired) electrons. The fourth-order valence-corrected chi connectivity index (χ4v) is 8.44. The van der Waals surface area contributed by atoms with Gasteiger partial charge in [-0.2, -0.15) is 0 Å². The van der Waals surface area contributed by atoms with Gasteiger partial charge in [0.15, 0.2) is 6.17 Å². The van der Waals surface area contributed by atoms with Crippen molar-refractivity contribution in [2.45, 2.75) is 12.2 Å². The Morgan fingerprint density at radius 3 is 1.43 bits per heavy atom. The van der Waals surface area contributed by atoms with Gasteiger partial charge in [0.2, 0.25) is 0 Å². The van der Waals surface area contributed by atoms with E-state index in [1.54, 1.807) is 0 Å². The van der Waals surface area contributed by atoms with Crippen LogP contribution in [0.15, 0.2) is 241 Å². The molecule has 8 aromatic carbocycles. The molecule has 2 aliphatic heterocycles. The van der Waals surface area contributed by atoms with Gasteiger partial charge < -0.3 is 10.6 Å². The Balaban J connectivity index is 1.22. The van der Waals surface area contributed by atoms with E-state index in [0.29, 0.717) is 0 Å². The minimum atomic E-state index is -0.509. The van der Waals surface area contributed by atoms with E-state index in [1.165, 1.54) is 16.7 Å². The molecule has 2 atom stereocenters. The van der Waals surface area contributed by atoms with Crippen molar-refractivity contribution in [3.8, 4) is 11.1 Å². The van der Waals surface area contributed by atoms with Crippen LogP contribution >= 0.6 is 0 Å². The van der Waals surface area contributed by atoms with Crippen LogP contribution in [0.25, 0.3) is 33.5 Å². The van der Waals surface area contributed by atoms with Crippen molar-refractivity contribution in [2.24, 2.45) is 9.98 Å². The van der Waals surface area contributed by atoms with Crippen molar-refractivity contribution in [3.05, 3.63) is 275 Å². The number of aliphatic imine (C=N–C) groups is 2. The lowest BCUT2D eigenvalue weighted by Gasteiger charge is -2.36. The molecule has 10 rings (SSSR count). The predicted octanol–water partition coefficient (Wildman–Crippen LogP) is 12.7. The van der Waals surface area contributed by atoms with Gasteiger partial charge in [0, 0.05) is 16.7 Å². The Morgan fingerprint density at radius 2 is 0.800 bits per heavy atom. The van der Waals surface area contributed by atoms with Crippen molar-refractivity contribution >= 4 is 34.1 Å². The lowest BCUT2D eigenvalue weighted by atomic mass is 9.77. The zero-order chi connectivity index (χ0) is 40.1. The van der Waals surface area contributed by atoms with Crippen molar-refractivity contribution in [1.29, 1.82) is 0 Å². The zero-order valence-electron chi connectivity index (χ0n) is 33.0. The second-order valence-electron chi connectivity index (χ2n) is 15.0. The minimum absolute atomic E-state index is 0.143. The fraction of sp³-hybridized carbons (Fsp3) is 0.0357. The zero-order valence-corrected chi connectivity index (χ0v) is 33.0. The van der Waals surface area contributed by atoms with E-state index in [2.05, 4.69) is 235 Å². The number of nitrogens with zero attached hydrogens (tertiary/aromatic N) is 2. The fourth-order valence-electron chi connectivity index (χ4n) is 8.44. The van der Waals surface area contributed by atoms with Crippen LogP contribution in [0, 0.1) is 0 Å². The molecule has 2 unspecified atom stereocenters. The number of nitrogens with one attached hydrogen (secondary N) is 2. The number of hydrogen-bond acceptors (Lipinski definition) is 4. The number of rotatable bonds is 9. The average molecular weight is 771 g/mol. The molecule has 0 fully saturated rings. The Kier molecular flexibility index (Phi) is 10.1. The van der Waals surface area contributed by atoms with E-state index in [4.69, 9.17) is 9.98 Å². The lowest BCUT2D eigenvalue weighted by molar-refractivity contribution is 0.755. The summed E-state index contributed by atoms with van der Waals surface area (Å²) < 4.78 is 0. The molecule has 0 saturated carbocycles. The molecular formula is C56H42N4. The van der Waals surface area contributed by atoms with Gasteiger partial charge in [-0.15, -0.1) is 0 Å². The lowest BCUT2D eigenvalue weighted by Crippen LogP contribution is -2.36. The van der Waals surface area contributed by atoms with E-state index in [9.17, 15) is 0 Å². The van der Waals surface area contributed by atoms with Crippen LogP contribution in [0.3, 0.4) is 0 Å². The molecule has 0 aromatic heterocycles. The highest BCUT2D eigenvalue weighted by molar-refractivity contribution is 6.24. The summed E-state index contributed by atoms with van der Waals surface area (Å²) in [5.41, 5.74) is 15.6. The van der Waals surface area contributed by atoms with Crippen LogP contribution in [0.4, 0.5) is 0 Å². The quantitative estimate of drug-likeness (QED) is 0.154. The molecule has 0 spiro atoms. The second kappa shape index (κ2) is 16.6. The number of dihydropyridines is 1. The van der Waals surface area contributed by atoms with Crippen LogP contribution in [-0.2, 0) is 0 Å². The number of allylic oxidation sites excluding steroid dienone is 2. The van der Waals surface area contributed by atoms with Gasteiger partial charge in [0.1, 0.15) is 11.7 Å². The summed E-state index contributed by atoms with van der Waals surface area (Å²) in [5, 5.41) is 7.75. The van der Waals surface area contributed by atoms with E-state index in [0.717, 1.165) is 73.0 Å². The SMILES string of the molecule is c1ccc(C2=NC(c3cccc(C4=C(c5ccccc5)C(c5ccccc5)NC(c5ccccc5)=C4c4ccccc4)c3)N=C(c3ccccc3-c3ccccc3)N2)cc1. The van der Waals surface area contributed by atoms with Gasteiger partial charge in [0.05, 0.1) is 11.7 Å². The Bertz CT molecular complexity index is 2880. The molecule has 2 heterocycles. The van der Waals surface area contributed by atoms with Gasteiger partial charge >= 0.3 is 0 Å². The first-order chi connectivity index (χ1) is 29.8. The van der Waals surface area contributed by atoms with Crippen molar-refractivity contribution in [2.75, 3.05) is 0 Å². The standard InChI is InChI=1S/C56H42N4/c1-7-22-39(23-8-1)47-36-19-20-37-48(47)56-59-54(44-32-17-6-18-33-44)58-55(60-56)46-35-21-34-45(38-46)49-50(40-24-9-2-10-25-40)52(42-28-13-4-14-29-42)57-53(43-30-15-5-16-31-43)51(49)41-26-11-3-12-27-41/h1-38,52,55,57H,(H,58,59,60). The topological polar surface area (TPSA) is 48.8 Å². The van der Waals surface area contributed by atoms with Crippen molar-refractivity contribution in [1.82, 2.24) is 10.6 Å². The molecule has 286 valence electrons. The van der Waals surface area contributed by atoms with E-state index < -0.39 is 6.17 Å². The Hall–Kier alpha value is -7.82. The first-order valence-electron chi connectivity index (χ1n) is 20.5. The van der Waals surface area contributed by atoms with Crippen LogP contribution in [0.2, 0.25) is 0 Å². The van der Waals surface area contributed by atoms with Gasteiger partial charge in [-0.05, 0) is 61.7 Å². The van der Waals surface area contributed by atoms with Crippen molar-refractivity contribution < 1.29 is 0 Å². The molecule has 4 nitrogen and oxygen atoms in total. The molecule has 2 N–H and O–H groups in total. The molecule has 0 bridgehead atoms. The maximum Gasteiger partial charge on any atom is 0.169 e. The molecular weight excluding hydrogens is 729 g/mol. The minimum Gasteiger partial charge on any atom is -0.373 e. The highest BCUT2D eigenvalue weighted by Crippen LogP contribution is 2.50. The van der Waals surface area contributed by atoms with Crippen LogP contribution in [0.5, 0.6) is 0 Å². The second-order valence-corrected chi connectivity index (χ2v) is 15.0. The van der Waals surface area contributed by atoms with E-state index in [1.807, 2.05) is 6.07 Å². The van der Waals surface area contributed by atoms with Gasteiger partial charge in [-0.3, -0.25) is 0 Å². The Morgan fingerprint density at radius 1 is 0.333 bits per heavy atom. The summed E-state index contributed by atoms with van der Waals surface area (Å²) in [7, 11) is 0.